The zero-order chi connectivity index (χ0) is 17.5. The second kappa shape index (κ2) is 8.54. The van der Waals surface area contributed by atoms with Gasteiger partial charge in [-0.1, -0.05) is 11.8 Å². The second-order valence-electron chi connectivity index (χ2n) is 5.13. The average Bonchev–Trinajstić information content (AvgIpc) is 2.61. The van der Waals surface area contributed by atoms with Gasteiger partial charge in [-0.15, -0.1) is 0 Å². The van der Waals surface area contributed by atoms with Gasteiger partial charge in [0, 0.05) is 18.0 Å². The molecule has 0 radical (unpaired) electrons. The highest BCUT2D eigenvalue weighted by atomic mass is 32.2. The molecule has 2 aromatic rings. The minimum atomic E-state index is -0.313. The van der Waals surface area contributed by atoms with Gasteiger partial charge in [-0.2, -0.15) is 0 Å². The molecule has 0 fully saturated rings. The van der Waals surface area contributed by atoms with Crippen molar-refractivity contribution in [1.82, 2.24) is 15.3 Å². The minimum Gasteiger partial charge on any atom is -0.497 e. The highest BCUT2D eigenvalue weighted by molar-refractivity contribution is 8.00. The summed E-state index contributed by atoms with van der Waals surface area (Å²) in [4.78, 5) is 20.7. The molecule has 7 heteroatoms. The fourth-order valence-corrected chi connectivity index (χ4v) is 2.88. The number of hydrogen-bond acceptors (Lipinski definition) is 6. The number of ether oxygens (including phenoxy) is 2. The predicted octanol–water partition coefficient (Wildman–Crippen LogP) is 2.85. The van der Waals surface area contributed by atoms with E-state index in [4.69, 9.17) is 9.47 Å². The first-order chi connectivity index (χ1) is 11.5. The number of methoxy groups -OCH3 is 2. The Labute approximate surface area is 146 Å². The molecular weight excluding hydrogens is 326 g/mol. The lowest BCUT2D eigenvalue weighted by Gasteiger charge is -2.20. The van der Waals surface area contributed by atoms with Crippen LogP contribution in [-0.2, 0) is 4.79 Å². The van der Waals surface area contributed by atoms with Crippen molar-refractivity contribution in [1.29, 1.82) is 0 Å². The van der Waals surface area contributed by atoms with Gasteiger partial charge >= 0.3 is 0 Å². The zero-order valence-corrected chi connectivity index (χ0v) is 15.0. The van der Waals surface area contributed by atoms with Crippen molar-refractivity contribution in [3.8, 4) is 11.5 Å². The van der Waals surface area contributed by atoms with E-state index in [1.807, 2.05) is 32.0 Å². The van der Waals surface area contributed by atoms with Crippen molar-refractivity contribution in [3.63, 3.8) is 0 Å². The number of carbonyl (C=O) groups excluding carboxylic acids is 1. The van der Waals surface area contributed by atoms with Crippen LogP contribution in [0.25, 0.3) is 0 Å². The van der Waals surface area contributed by atoms with Crippen LogP contribution in [0, 0.1) is 0 Å². The quantitative estimate of drug-likeness (QED) is 0.613. The number of carbonyl (C=O) groups is 1. The van der Waals surface area contributed by atoms with E-state index in [1.165, 1.54) is 11.8 Å². The molecule has 1 amide bonds. The molecule has 0 saturated heterocycles. The van der Waals surface area contributed by atoms with Crippen molar-refractivity contribution < 1.29 is 14.3 Å². The second-order valence-corrected chi connectivity index (χ2v) is 6.44. The Morgan fingerprint density at radius 1 is 1.17 bits per heavy atom. The number of rotatable bonds is 7. The number of nitrogens with one attached hydrogen (secondary N) is 1. The lowest BCUT2D eigenvalue weighted by Crippen LogP contribution is -2.33. The van der Waals surface area contributed by atoms with E-state index in [9.17, 15) is 4.79 Å². The number of benzene rings is 1. The Kier molecular flexibility index (Phi) is 6.43. The van der Waals surface area contributed by atoms with Crippen molar-refractivity contribution in [3.05, 3.63) is 42.2 Å². The predicted molar refractivity (Wildman–Crippen MR) is 93.5 cm³/mol. The third-order valence-electron chi connectivity index (χ3n) is 3.46. The maximum atomic E-state index is 12.4. The van der Waals surface area contributed by atoms with Crippen LogP contribution in [0.2, 0.25) is 0 Å². The van der Waals surface area contributed by atoms with Crippen LogP contribution in [0.15, 0.2) is 41.8 Å². The number of amides is 1. The van der Waals surface area contributed by atoms with E-state index in [0.29, 0.717) is 16.7 Å². The lowest BCUT2D eigenvalue weighted by molar-refractivity contribution is -0.120. The summed E-state index contributed by atoms with van der Waals surface area (Å²) in [6, 6.07) is 7.03. The smallest absolute Gasteiger partial charge is 0.233 e. The third kappa shape index (κ3) is 4.61. The third-order valence-corrected chi connectivity index (χ3v) is 4.44. The fourth-order valence-electron chi connectivity index (χ4n) is 2.14. The number of thioether (sulfide) groups is 1. The van der Waals surface area contributed by atoms with Crippen LogP contribution in [-0.4, -0.2) is 35.3 Å². The summed E-state index contributed by atoms with van der Waals surface area (Å²) < 4.78 is 10.6. The largest absolute Gasteiger partial charge is 0.497 e. The molecule has 24 heavy (non-hydrogen) atoms. The van der Waals surface area contributed by atoms with E-state index in [1.54, 1.807) is 32.7 Å². The van der Waals surface area contributed by atoms with Crippen LogP contribution in [0.5, 0.6) is 11.5 Å². The van der Waals surface area contributed by atoms with Crippen molar-refractivity contribution in [2.45, 2.75) is 30.3 Å². The van der Waals surface area contributed by atoms with Gasteiger partial charge in [-0.05, 0) is 38.1 Å². The van der Waals surface area contributed by atoms with E-state index < -0.39 is 0 Å². The molecule has 0 unspecified atom stereocenters. The Balaban J connectivity index is 2.05. The van der Waals surface area contributed by atoms with Gasteiger partial charge in [0.15, 0.2) is 5.16 Å². The summed E-state index contributed by atoms with van der Waals surface area (Å²) in [5.74, 6) is 1.33. The number of aromatic nitrogens is 2. The summed E-state index contributed by atoms with van der Waals surface area (Å²) in [5.41, 5.74) is 0.860. The Hall–Kier alpha value is -2.28. The van der Waals surface area contributed by atoms with Crippen LogP contribution >= 0.6 is 11.8 Å². The van der Waals surface area contributed by atoms with E-state index in [0.717, 1.165) is 5.56 Å². The van der Waals surface area contributed by atoms with Crippen LogP contribution in [0.3, 0.4) is 0 Å². The summed E-state index contributed by atoms with van der Waals surface area (Å²) >= 11 is 1.32. The van der Waals surface area contributed by atoms with Crippen LogP contribution in [0.1, 0.15) is 25.5 Å². The summed E-state index contributed by atoms with van der Waals surface area (Å²) in [6.45, 7) is 3.73. The zero-order valence-electron chi connectivity index (χ0n) is 14.1. The first kappa shape index (κ1) is 18.1. The van der Waals surface area contributed by atoms with Crippen molar-refractivity contribution in [2.75, 3.05) is 14.2 Å². The molecule has 128 valence electrons. The molecule has 0 saturated carbocycles. The molecule has 6 nitrogen and oxygen atoms in total. The van der Waals surface area contributed by atoms with Gasteiger partial charge in [0.05, 0.1) is 25.5 Å². The highest BCUT2D eigenvalue weighted by Gasteiger charge is 2.20. The molecular formula is C17H21N3O3S. The van der Waals surface area contributed by atoms with Crippen molar-refractivity contribution in [2.24, 2.45) is 0 Å². The van der Waals surface area contributed by atoms with E-state index in [2.05, 4.69) is 15.3 Å². The maximum Gasteiger partial charge on any atom is 0.233 e. The first-order valence-corrected chi connectivity index (χ1v) is 8.39. The molecule has 2 atom stereocenters. The van der Waals surface area contributed by atoms with E-state index in [-0.39, 0.29) is 17.2 Å². The van der Waals surface area contributed by atoms with Gasteiger partial charge in [-0.25, -0.2) is 9.97 Å². The molecule has 1 aromatic carbocycles. The SMILES string of the molecule is COc1ccc(OC)c([C@@H](C)NC(=O)[C@@H](C)Sc2ncccn2)c1. The number of nitrogens with zero attached hydrogens (tertiary/aromatic N) is 2. The maximum absolute atomic E-state index is 12.4. The summed E-state index contributed by atoms with van der Waals surface area (Å²) in [5, 5.41) is 3.25. The first-order valence-electron chi connectivity index (χ1n) is 7.51. The molecule has 0 aliphatic carbocycles. The summed E-state index contributed by atoms with van der Waals surface area (Å²) in [6.07, 6.45) is 3.31. The molecule has 1 N–H and O–H groups in total. The van der Waals surface area contributed by atoms with Gasteiger partial charge in [0.1, 0.15) is 11.5 Å². The standard InChI is InChI=1S/C17H21N3O3S/c1-11(14-10-13(22-3)6-7-15(14)23-4)20-16(21)12(2)24-17-18-8-5-9-19-17/h5-12H,1-4H3,(H,20,21)/t11-,12-/m1/s1. The van der Waals surface area contributed by atoms with E-state index >= 15 is 0 Å². The summed E-state index contributed by atoms with van der Waals surface area (Å²) in [7, 11) is 3.21. The molecule has 0 bridgehead atoms. The molecule has 2 rings (SSSR count). The topological polar surface area (TPSA) is 73.3 Å². The molecule has 0 aliphatic heterocycles. The minimum absolute atomic E-state index is 0.0928. The van der Waals surface area contributed by atoms with Gasteiger partial charge in [-0.3, -0.25) is 4.79 Å². The van der Waals surface area contributed by atoms with Crippen LogP contribution in [0.4, 0.5) is 0 Å². The van der Waals surface area contributed by atoms with Gasteiger partial charge < -0.3 is 14.8 Å². The normalized spacial score (nSPS) is 13.0. The molecule has 1 heterocycles. The van der Waals surface area contributed by atoms with Gasteiger partial charge in [0.25, 0.3) is 0 Å². The van der Waals surface area contributed by atoms with Crippen molar-refractivity contribution >= 4 is 17.7 Å². The molecule has 0 spiro atoms. The van der Waals surface area contributed by atoms with Gasteiger partial charge in [0.2, 0.25) is 5.91 Å². The molecule has 0 aliphatic rings. The highest BCUT2D eigenvalue weighted by Crippen LogP contribution is 2.29. The molecule has 1 aromatic heterocycles. The Morgan fingerprint density at radius 3 is 2.50 bits per heavy atom. The average molecular weight is 347 g/mol. The lowest BCUT2D eigenvalue weighted by atomic mass is 10.1. The number of hydrogen-bond donors (Lipinski definition) is 1. The monoisotopic (exact) mass is 347 g/mol. The Morgan fingerprint density at radius 2 is 1.88 bits per heavy atom. The fraction of sp³-hybridized carbons (Fsp3) is 0.353. The van der Waals surface area contributed by atoms with Crippen LogP contribution < -0.4 is 14.8 Å². The Bertz CT molecular complexity index is 682.